The molecular formula is C31H39ClN6O3S. The minimum absolute atomic E-state index is 0. The molecule has 3 fully saturated rings. The van der Waals surface area contributed by atoms with E-state index in [1.54, 1.807) is 4.90 Å². The van der Waals surface area contributed by atoms with Crippen molar-refractivity contribution in [3.63, 3.8) is 0 Å². The molecule has 224 valence electrons. The third kappa shape index (κ3) is 4.62. The number of nitrogens with zero attached hydrogens (tertiary/aromatic N) is 5. The fourth-order valence-corrected chi connectivity index (χ4v) is 8.16. The molecule has 1 saturated carbocycles. The highest BCUT2D eigenvalue weighted by Crippen LogP contribution is 2.55. The van der Waals surface area contributed by atoms with Gasteiger partial charge in [0.1, 0.15) is 0 Å². The highest BCUT2D eigenvalue weighted by Gasteiger charge is 2.54. The van der Waals surface area contributed by atoms with Gasteiger partial charge in [-0.2, -0.15) is 0 Å². The van der Waals surface area contributed by atoms with Gasteiger partial charge in [-0.3, -0.25) is 19.4 Å². The number of aromatic nitrogens is 2. The standard InChI is InChI=1S/C31H38N6O3S.ClH/c1-30(37-13-5-4-6-14-37)12-15-36(20-30)28-25(34-41(3,39)40)17-22(18-33-28)21-8-9-24-23(16-21)27-26(19-32-24)35(2)29(38)31(27)10-7-11-31;/h8-9,16-19,34H,4-7,10-15,20H2,1-3H3;1H/t30-;/m1./s1. The third-order valence-corrected chi connectivity index (χ3v) is 10.6. The molecule has 4 aliphatic rings. The van der Waals surface area contributed by atoms with Crippen LogP contribution in [0, 0.1) is 0 Å². The molecule has 1 amide bonds. The molecule has 9 nitrogen and oxygen atoms in total. The molecule has 5 heterocycles. The Kier molecular flexibility index (Phi) is 7.18. The molecule has 1 atom stereocenters. The summed E-state index contributed by atoms with van der Waals surface area (Å²) in [6.07, 6.45) is 12.4. The van der Waals surface area contributed by atoms with Crippen LogP contribution in [0.4, 0.5) is 17.2 Å². The molecule has 2 aromatic heterocycles. The van der Waals surface area contributed by atoms with Gasteiger partial charge in [0.15, 0.2) is 5.82 Å². The first kappa shape index (κ1) is 29.1. The average molecular weight is 611 g/mol. The number of likely N-dealkylation sites (N-methyl/N-ethyl adjacent to an activating group) is 1. The summed E-state index contributed by atoms with van der Waals surface area (Å²) in [5.74, 6) is 0.829. The number of carbonyl (C=O) groups excluding carboxylic acids is 1. The second-order valence-electron chi connectivity index (χ2n) is 12.7. The summed E-state index contributed by atoms with van der Waals surface area (Å²) >= 11 is 0. The number of hydrogen-bond donors (Lipinski definition) is 1. The normalized spacial score (nSPS) is 23.6. The topological polar surface area (TPSA) is 98.7 Å². The van der Waals surface area contributed by atoms with Gasteiger partial charge in [0.2, 0.25) is 15.9 Å². The summed E-state index contributed by atoms with van der Waals surface area (Å²) < 4.78 is 27.7. The number of rotatable bonds is 5. The summed E-state index contributed by atoms with van der Waals surface area (Å²) in [4.78, 5) is 29.4. The van der Waals surface area contributed by atoms with Crippen molar-refractivity contribution >= 4 is 56.4 Å². The quantitative estimate of drug-likeness (QED) is 0.437. The lowest BCUT2D eigenvalue weighted by molar-refractivity contribution is -0.125. The minimum atomic E-state index is -3.52. The molecule has 1 aliphatic carbocycles. The van der Waals surface area contributed by atoms with Gasteiger partial charge in [-0.25, -0.2) is 13.4 Å². The minimum Gasteiger partial charge on any atom is -0.353 e. The predicted molar refractivity (Wildman–Crippen MR) is 170 cm³/mol. The maximum absolute atomic E-state index is 13.3. The van der Waals surface area contributed by atoms with Gasteiger partial charge < -0.3 is 9.80 Å². The Morgan fingerprint density at radius 3 is 2.38 bits per heavy atom. The summed E-state index contributed by atoms with van der Waals surface area (Å²) in [5.41, 5.74) is 4.65. The van der Waals surface area contributed by atoms with Gasteiger partial charge in [-0.05, 0) is 75.9 Å². The third-order valence-electron chi connectivity index (χ3n) is 9.98. The molecule has 2 saturated heterocycles. The number of amides is 1. The molecule has 3 aromatic rings. The zero-order valence-electron chi connectivity index (χ0n) is 24.5. The Labute approximate surface area is 254 Å². The van der Waals surface area contributed by atoms with Gasteiger partial charge in [0.05, 0.1) is 34.8 Å². The number of benzene rings is 1. The van der Waals surface area contributed by atoms with E-state index in [0.717, 1.165) is 85.1 Å². The van der Waals surface area contributed by atoms with Crippen molar-refractivity contribution < 1.29 is 13.2 Å². The van der Waals surface area contributed by atoms with Crippen LogP contribution in [0.1, 0.15) is 57.4 Å². The van der Waals surface area contributed by atoms with Crippen LogP contribution in [0.5, 0.6) is 0 Å². The number of carbonyl (C=O) groups is 1. The second-order valence-corrected chi connectivity index (χ2v) is 14.5. The van der Waals surface area contributed by atoms with Gasteiger partial charge in [-0.15, -0.1) is 12.4 Å². The maximum atomic E-state index is 13.3. The van der Waals surface area contributed by atoms with Crippen molar-refractivity contribution in [3.8, 4) is 11.1 Å². The number of hydrogen-bond acceptors (Lipinski definition) is 7. The monoisotopic (exact) mass is 610 g/mol. The zero-order valence-corrected chi connectivity index (χ0v) is 26.2. The molecule has 3 aliphatic heterocycles. The fourth-order valence-electron chi connectivity index (χ4n) is 7.61. The highest BCUT2D eigenvalue weighted by molar-refractivity contribution is 7.92. The van der Waals surface area contributed by atoms with Crippen LogP contribution in [0.25, 0.3) is 22.0 Å². The number of pyridine rings is 2. The van der Waals surface area contributed by atoms with Crippen molar-refractivity contribution in [1.29, 1.82) is 0 Å². The molecule has 1 N–H and O–H groups in total. The molecule has 42 heavy (non-hydrogen) atoms. The van der Waals surface area contributed by atoms with Crippen LogP contribution >= 0.6 is 12.4 Å². The number of anilines is 3. The number of halogens is 1. The SMILES string of the molecule is CN1C(=O)C2(CCC2)c2c1cnc1ccc(-c3cnc(N4CC[C@@](C)(N5CCCCC5)C4)c(NS(C)(=O)=O)c3)cc21.Cl. The molecule has 0 radical (unpaired) electrons. The lowest BCUT2D eigenvalue weighted by Crippen LogP contribution is -2.50. The first-order valence-corrected chi connectivity index (χ1v) is 16.7. The van der Waals surface area contributed by atoms with E-state index < -0.39 is 15.4 Å². The van der Waals surface area contributed by atoms with Crippen molar-refractivity contribution in [3.05, 3.63) is 42.2 Å². The Morgan fingerprint density at radius 1 is 0.929 bits per heavy atom. The van der Waals surface area contributed by atoms with Crippen molar-refractivity contribution in [1.82, 2.24) is 14.9 Å². The largest absolute Gasteiger partial charge is 0.353 e. The van der Waals surface area contributed by atoms with Crippen LogP contribution < -0.4 is 14.5 Å². The van der Waals surface area contributed by atoms with E-state index in [2.05, 4.69) is 32.5 Å². The van der Waals surface area contributed by atoms with Crippen molar-refractivity contribution in [2.75, 3.05) is 54.0 Å². The Hall–Kier alpha value is -2.95. The van der Waals surface area contributed by atoms with Crippen molar-refractivity contribution in [2.24, 2.45) is 0 Å². The van der Waals surface area contributed by atoms with E-state index >= 15 is 0 Å². The smallest absolute Gasteiger partial charge is 0.237 e. The molecule has 0 unspecified atom stereocenters. The van der Waals surface area contributed by atoms with Gasteiger partial charge in [0, 0.05) is 48.4 Å². The Bertz CT molecular complexity index is 1670. The molecule has 1 spiro atoms. The molecular weight excluding hydrogens is 572 g/mol. The van der Waals surface area contributed by atoms with Gasteiger partial charge in [-0.1, -0.05) is 18.9 Å². The van der Waals surface area contributed by atoms with E-state index in [-0.39, 0.29) is 23.9 Å². The van der Waals surface area contributed by atoms with Gasteiger partial charge in [0.25, 0.3) is 0 Å². The highest BCUT2D eigenvalue weighted by atomic mass is 35.5. The average Bonchev–Trinajstić information content (AvgIpc) is 3.44. The summed E-state index contributed by atoms with van der Waals surface area (Å²) in [6.45, 7) is 6.21. The van der Waals surface area contributed by atoms with E-state index in [4.69, 9.17) is 4.98 Å². The van der Waals surface area contributed by atoms with Crippen LogP contribution in [0.15, 0.2) is 36.7 Å². The van der Waals surface area contributed by atoms with E-state index in [1.807, 2.05) is 37.6 Å². The second kappa shape index (κ2) is 10.3. The van der Waals surface area contributed by atoms with Crippen LogP contribution in [-0.2, 0) is 20.2 Å². The lowest BCUT2D eigenvalue weighted by atomic mass is 9.64. The van der Waals surface area contributed by atoms with E-state index in [1.165, 1.54) is 25.5 Å². The number of piperidine rings is 1. The molecule has 11 heteroatoms. The molecule has 7 rings (SSSR count). The maximum Gasteiger partial charge on any atom is 0.237 e. The first-order chi connectivity index (χ1) is 19.6. The molecule has 1 aromatic carbocycles. The van der Waals surface area contributed by atoms with Crippen molar-refractivity contribution in [2.45, 2.75) is 62.8 Å². The summed E-state index contributed by atoms with van der Waals surface area (Å²) in [7, 11) is -1.68. The number of likely N-dealkylation sites (tertiary alicyclic amines) is 1. The fraction of sp³-hybridized carbons (Fsp3) is 0.516. The van der Waals surface area contributed by atoms with Crippen LogP contribution in [0.2, 0.25) is 0 Å². The number of fused-ring (bicyclic) bond motifs is 4. The lowest BCUT2D eigenvalue weighted by Gasteiger charge is -2.41. The zero-order chi connectivity index (χ0) is 28.6. The van der Waals surface area contributed by atoms with Crippen LogP contribution in [0.3, 0.4) is 0 Å². The van der Waals surface area contributed by atoms with E-state index in [9.17, 15) is 13.2 Å². The van der Waals surface area contributed by atoms with Gasteiger partial charge >= 0.3 is 0 Å². The Morgan fingerprint density at radius 2 is 1.69 bits per heavy atom. The summed E-state index contributed by atoms with van der Waals surface area (Å²) in [6, 6.07) is 7.98. The molecule has 0 bridgehead atoms. The number of sulfonamides is 1. The predicted octanol–water partition coefficient (Wildman–Crippen LogP) is 4.94. The number of nitrogens with one attached hydrogen (secondary N) is 1. The Balaban J connectivity index is 0.00000316. The van der Waals surface area contributed by atoms with E-state index in [0.29, 0.717) is 11.5 Å². The van der Waals surface area contributed by atoms with Crippen LogP contribution in [-0.4, -0.2) is 74.2 Å². The summed E-state index contributed by atoms with van der Waals surface area (Å²) in [5, 5.41) is 0.982. The first-order valence-electron chi connectivity index (χ1n) is 14.8.